The summed E-state index contributed by atoms with van der Waals surface area (Å²) in [7, 11) is 2.18. The second kappa shape index (κ2) is 7.97. The number of hydrogen-bond donors (Lipinski definition) is 1. The number of aryl methyl sites for hydroxylation is 1. The highest BCUT2D eigenvalue weighted by Crippen LogP contribution is 2.16. The first-order chi connectivity index (χ1) is 10.0. The van der Waals surface area contributed by atoms with Gasteiger partial charge in [0.25, 0.3) is 0 Å². The van der Waals surface area contributed by atoms with E-state index in [9.17, 15) is 0 Å². The Morgan fingerprint density at radius 3 is 2.71 bits per heavy atom. The van der Waals surface area contributed by atoms with Gasteiger partial charge in [-0.15, -0.1) is 0 Å². The quantitative estimate of drug-likeness (QED) is 0.798. The molecule has 0 saturated carbocycles. The van der Waals surface area contributed by atoms with E-state index in [-0.39, 0.29) is 0 Å². The fourth-order valence-electron chi connectivity index (χ4n) is 2.80. The molecule has 1 aromatic rings. The van der Waals surface area contributed by atoms with Gasteiger partial charge in [0.1, 0.15) is 11.5 Å². The molecular weight excluding hydrogens is 262 g/mol. The predicted octanol–water partition coefficient (Wildman–Crippen LogP) is 2.61. The largest absolute Gasteiger partial charge is 0.463 e. The van der Waals surface area contributed by atoms with E-state index in [1.807, 2.05) is 0 Å². The van der Waals surface area contributed by atoms with E-state index in [0.29, 0.717) is 6.04 Å². The molecule has 2 heterocycles. The molecule has 2 rings (SSSR count). The van der Waals surface area contributed by atoms with Crippen LogP contribution < -0.4 is 5.32 Å². The first-order valence-corrected chi connectivity index (χ1v) is 8.27. The summed E-state index contributed by atoms with van der Waals surface area (Å²) in [5.41, 5.74) is 1.26. The Morgan fingerprint density at radius 2 is 2.05 bits per heavy atom. The lowest BCUT2D eigenvalue weighted by Gasteiger charge is -2.20. The molecule has 0 bridgehead atoms. The van der Waals surface area contributed by atoms with Gasteiger partial charge in [0.05, 0.1) is 13.1 Å². The number of likely N-dealkylation sites (N-methyl/N-ethyl adjacent to an activating group) is 1. The topological polar surface area (TPSA) is 31.6 Å². The Bertz CT molecular complexity index is 422. The van der Waals surface area contributed by atoms with Gasteiger partial charge in [0.2, 0.25) is 0 Å². The molecule has 0 unspecified atom stereocenters. The maximum Gasteiger partial charge on any atom is 0.120 e. The smallest absolute Gasteiger partial charge is 0.120 e. The normalized spacial score (nSPS) is 16.5. The van der Waals surface area contributed by atoms with Crippen LogP contribution in [-0.2, 0) is 13.1 Å². The maximum atomic E-state index is 5.99. The average molecular weight is 293 g/mol. The van der Waals surface area contributed by atoms with E-state index in [1.54, 1.807) is 0 Å². The van der Waals surface area contributed by atoms with Crippen molar-refractivity contribution < 1.29 is 4.42 Å². The monoisotopic (exact) mass is 293 g/mol. The minimum absolute atomic E-state index is 0.487. The molecule has 120 valence electrons. The molecule has 1 N–H and O–H groups in total. The number of likely N-dealkylation sites (tertiary alicyclic amines) is 1. The van der Waals surface area contributed by atoms with Crippen molar-refractivity contribution in [1.29, 1.82) is 0 Å². The van der Waals surface area contributed by atoms with Crippen LogP contribution in [0, 0.1) is 6.92 Å². The van der Waals surface area contributed by atoms with Crippen LogP contribution in [0.3, 0.4) is 0 Å². The molecule has 0 spiro atoms. The van der Waals surface area contributed by atoms with Crippen LogP contribution in [0.25, 0.3) is 0 Å². The summed E-state index contributed by atoms with van der Waals surface area (Å²) in [6.45, 7) is 13.0. The molecule has 1 aliphatic heterocycles. The van der Waals surface area contributed by atoms with Gasteiger partial charge in [-0.2, -0.15) is 0 Å². The molecule has 0 radical (unpaired) electrons. The number of nitrogens with zero attached hydrogens (tertiary/aromatic N) is 2. The van der Waals surface area contributed by atoms with Crippen molar-refractivity contribution >= 4 is 0 Å². The molecule has 1 aromatic heterocycles. The number of furan rings is 1. The van der Waals surface area contributed by atoms with Crippen molar-refractivity contribution in [3.8, 4) is 0 Å². The molecule has 1 aliphatic rings. The lowest BCUT2D eigenvalue weighted by atomic mass is 10.2. The van der Waals surface area contributed by atoms with E-state index in [1.165, 1.54) is 38.0 Å². The Hall–Kier alpha value is -0.840. The number of hydrogen-bond acceptors (Lipinski definition) is 4. The Labute approximate surface area is 129 Å². The first-order valence-electron chi connectivity index (χ1n) is 8.27. The molecule has 4 heteroatoms. The summed E-state index contributed by atoms with van der Waals surface area (Å²) < 4.78 is 5.99. The van der Waals surface area contributed by atoms with Crippen molar-refractivity contribution in [2.24, 2.45) is 0 Å². The van der Waals surface area contributed by atoms with Gasteiger partial charge in [-0.3, -0.25) is 4.90 Å². The van der Waals surface area contributed by atoms with Crippen LogP contribution in [0.1, 0.15) is 43.8 Å². The van der Waals surface area contributed by atoms with E-state index < -0.39 is 0 Å². The summed E-state index contributed by atoms with van der Waals surface area (Å²) in [5, 5.41) is 3.42. The van der Waals surface area contributed by atoms with Gasteiger partial charge in [0, 0.05) is 19.1 Å². The van der Waals surface area contributed by atoms with Crippen molar-refractivity contribution in [2.45, 2.75) is 52.7 Å². The third-order valence-corrected chi connectivity index (χ3v) is 4.16. The SMILES string of the molecule is Cc1cc(CN(C)CCN2CCCC2)oc1CNC(C)C. The second-order valence-corrected chi connectivity index (χ2v) is 6.64. The Kier molecular flexibility index (Phi) is 6.27. The van der Waals surface area contributed by atoms with E-state index in [4.69, 9.17) is 4.42 Å². The molecule has 1 fully saturated rings. The van der Waals surface area contributed by atoms with Crippen molar-refractivity contribution in [1.82, 2.24) is 15.1 Å². The van der Waals surface area contributed by atoms with Gasteiger partial charge in [-0.05, 0) is 51.5 Å². The molecule has 21 heavy (non-hydrogen) atoms. The lowest BCUT2D eigenvalue weighted by molar-refractivity contribution is 0.237. The van der Waals surface area contributed by atoms with Crippen LogP contribution in [0.5, 0.6) is 0 Å². The summed E-state index contributed by atoms with van der Waals surface area (Å²) in [6, 6.07) is 2.67. The minimum atomic E-state index is 0.487. The molecule has 0 amide bonds. The van der Waals surface area contributed by atoms with Crippen LogP contribution >= 0.6 is 0 Å². The molecular formula is C17H31N3O. The third kappa shape index (κ3) is 5.46. The van der Waals surface area contributed by atoms with Gasteiger partial charge in [-0.25, -0.2) is 0 Å². The third-order valence-electron chi connectivity index (χ3n) is 4.16. The standard InChI is InChI=1S/C17H31N3O/c1-14(2)18-12-17-15(3)11-16(21-17)13-19(4)9-10-20-7-5-6-8-20/h11,14,18H,5-10,12-13H2,1-4H3. The van der Waals surface area contributed by atoms with Crippen molar-refractivity contribution in [3.05, 3.63) is 23.2 Å². The summed E-state index contributed by atoms with van der Waals surface area (Å²) in [6.07, 6.45) is 2.74. The van der Waals surface area contributed by atoms with Crippen LogP contribution in [0.2, 0.25) is 0 Å². The van der Waals surface area contributed by atoms with E-state index in [0.717, 1.165) is 31.2 Å². The Morgan fingerprint density at radius 1 is 1.33 bits per heavy atom. The average Bonchev–Trinajstić information content (AvgIpc) is 3.04. The molecule has 0 aliphatic carbocycles. The van der Waals surface area contributed by atoms with Gasteiger partial charge in [-0.1, -0.05) is 13.8 Å². The predicted molar refractivity (Wildman–Crippen MR) is 87.4 cm³/mol. The van der Waals surface area contributed by atoms with Crippen molar-refractivity contribution in [3.63, 3.8) is 0 Å². The maximum absolute atomic E-state index is 5.99. The minimum Gasteiger partial charge on any atom is -0.463 e. The van der Waals surface area contributed by atoms with Gasteiger partial charge >= 0.3 is 0 Å². The highest BCUT2D eigenvalue weighted by atomic mass is 16.3. The van der Waals surface area contributed by atoms with Crippen LogP contribution in [-0.4, -0.2) is 49.1 Å². The summed E-state index contributed by atoms with van der Waals surface area (Å²) in [4.78, 5) is 4.91. The summed E-state index contributed by atoms with van der Waals surface area (Å²) >= 11 is 0. The van der Waals surface area contributed by atoms with Crippen molar-refractivity contribution in [2.75, 3.05) is 33.2 Å². The fourth-order valence-corrected chi connectivity index (χ4v) is 2.80. The molecule has 0 aromatic carbocycles. The zero-order valence-corrected chi connectivity index (χ0v) is 14.1. The number of nitrogens with one attached hydrogen (secondary N) is 1. The number of rotatable bonds is 8. The van der Waals surface area contributed by atoms with Crippen LogP contribution in [0.15, 0.2) is 10.5 Å². The first kappa shape index (κ1) is 16.5. The van der Waals surface area contributed by atoms with E-state index >= 15 is 0 Å². The molecule has 0 atom stereocenters. The summed E-state index contributed by atoms with van der Waals surface area (Å²) in [5.74, 6) is 2.16. The van der Waals surface area contributed by atoms with Crippen LogP contribution in [0.4, 0.5) is 0 Å². The molecule has 4 nitrogen and oxygen atoms in total. The molecule has 1 saturated heterocycles. The highest BCUT2D eigenvalue weighted by Gasteiger charge is 2.13. The van der Waals surface area contributed by atoms with Gasteiger partial charge < -0.3 is 14.6 Å². The zero-order chi connectivity index (χ0) is 15.2. The Balaban J connectivity index is 1.77. The van der Waals surface area contributed by atoms with Gasteiger partial charge in [0.15, 0.2) is 0 Å². The fraction of sp³-hybridized carbons (Fsp3) is 0.765. The van der Waals surface area contributed by atoms with E-state index in [2.05, 4.69) is 49.0 Å². The highest BCUT2D eigenvalue weighted by molar-refractivity contribution is 5.20. The second-order valence-electron chi connectivity index (χ2n) is 6.64. The lowest BCUT2D eigenvalue weighted by Crippen LogP contribution is -2.31. The zero-order valence-electron chi connectivity index (χ0n) is 14.1.